The van der Waals surface area contributed by atoms with Crippen molar-refractivity contribution in [2.45, 2.75) is 13.1 Å². The summed E-state index contributed by atoms with van der Waals surface area (Å²) in [5, 5.41) is 35.5. The van der Waals surface area contributed by atoms with Gasteiger partial charge in [0.25, 0.3) is 0 Å². The van der Waals surface area contributed by atoms with Crippen LogP contribution in [0.4, 0.5) is 0 Å². The number of hydroxylamine groups is 6. The Bertz CT molecular complexity index is 853. The van der Waals surface area contributed by atoms with Crippen molar-refractivity contribution in [3.8, 4) is 0 Å². The first-order chi connectivity index (χ1) is 14.2. The van der Waals surface area contributed by atoms with Crippen LogP contribution in [-0.4, -0.2) is 63.7 Å². The lowest BCUT2D eigenvalue weighted by atomic mass is 9.91. The maximum atomic E-state index is 11.8. The van der Waals surface area contributed by atoms with E-state index in [1.165, 1.54) is 32.7 Å². The molecular weight excluding hydrogens is 376 g/mol. The lowest BCUT2D eigenvalue weighted by molar-refractivity contribution is -0.838. The van der Waals surface area contributed by atoms with Crippen LogP contribution in [0.15, 0.2) is 48.5 Å². The number of hydrogen-bond donors (Lipinski definition) is 2. The Morgan fingerprint density at radius 1 is 0.600 bits per heavy atom. The van der Waals surface area contributed by atoms with E-state index in [0.717, 1.165) is 13.1 Å². The maximum absolute atomic E-state index is 11.8. The van der Waals surface area contributed by atoms with Crippen LogP contribution in [0.1, 0.15) is 11.1 Å². The van der Waals surface area contributed by atoms with Gasteiger partial charge in [-0.15, -0.1) is 0 Å². The molecule has 6 nitrogen and oxygen atoms in total. The van der Waals surface area contributed by atoms with Gasteiger partial charge in [-0.3, -0.25) is 0 Å². The average Bonchev–Trinajstić information content (AvgIpc) is 2.67. The van der Waals surface area contributed by atoms with E-state index in [4.69, 9.17) is 0 Å². The molecule has 0 radical (unpaired) electrons. The maximum Gasteiger partial charge on any atom is 0.0906 e. The zero-order valence-corrected chi connectivity index (χ0v) is 18.6. The summed E-state index contributed by atoms with van der Waals surface area (Å²) in [5.41, 5.74) is 2.53. The third-order valence-electron chi connectivity index (χ3n) is 5.41. The van der Waals surface area contributed by atoms with Crippen LogP contribution >= 0.6 is 0 Å². The van der Waals surface area contributed by atoms with Crippen molar-refractivity contribution in [2.24, 2.45) is 0 Å². The molecule has 3 aromatic carbocycles. The fourth-order valence-electron chi connectivity index (χ4n) is 3.81. The van der Waals surface area contributed by atoms with Crippen LogP contribution in [-0.2, 0) is 13.1 Å². The summed E-state index contributed by atoms with van der Waals surface area (Å²) in [5.74, 6) is 0. The second-order valence-electron chi connectivity index (χ2n) is 9.00. The largest absolute Gasteiger partial charge is 0.633 e. The first kappa shape index (κ1) is 22.6. The van der Waals surface area contributed by atoms with Crippen molar-refractivity contribution < 1.29 is 9.29 Å². The van der Waals surface area contributed by atoms with Gasteiger partial charge in [0, 0.05) is 26.2 Å². The van der Waals surface area contributed by atoms with Crippen molar-refractivity contribution in [1.82, 2.24) is 10.6 Å². The van der Waals surface area contributed by atoms with E-state index in [1.807, 2.05) is 0 Å². The van der Waals surface area contributed by atoms with Gasteiger partial charge in [-0.05, 0) is 32.7 Å². The number of fused-ring (bicyclic) bond motifs is 2. The van der Waals surface area contributed by atoms with E-state index in [9.17, 15) is 10.4 Å². The summed E-state index contributed by atoms with van der Waals surface area (Å²) in [4.78, 5) is 0. The van der Waals surface area contributed by atoms with Gasteiger partial charge in [0.15, 0.2) is 0 Å². The smallest absolute Gasteiger partial charge is 0.0906 e. The highest BCUT2D eigenvalue weighted by Crippen LogP contribution is 2.33. The van der Waals surface area contributed by atoms with Gasteiger partial charge in [0.05, 0.1) is 41.3 Å². The number of nitrogens with one attached hydrogen (secondary N) is 2. The molecule has 30 heavy (non-hydrogen) atoms. The highest BCUT2D eigenvalue weighted by Gasteiger charge is 2.14. The molecule has 3 rings (SSSR count). The second-order valence-corrected chi connectivity index (χ2v) is 9.00. The highest BCUT2D eigenvalue weighted by molar-refractivity contribution is 6.05. The monoisotopic (exact) mass is 410 g/mol. The Labute approximate surface area is 179 Å². The van der Waals surface area contributed by atoms with Crippen LogP contribution in [0, 0.1) is 10.4 Å². The Morgan fingerprint density at radius 2 is 0.900 bits per heavy atom. The Balaban J connectivity index is 1.92. The first-order valence-electron chi connectivity index (χ1n) is 10.6. The van der Waals surface area contributed by atoms with E-state index in [1.54, 1.807) is 28.2 Å². The van der Waals surface area contributed by atoms with Crippen molar-refractivity contribution in [3.63, 3.8) is 0 Å². The quantitative estimate of drug-likeness (QED) is 0.233. The van der Waals surface area contributed by atoms with Gasteiger partial charge in [-0.25, -0.2) is 0 Å². The number of nitrogens with zero attached hydrogens (tertiary/aromatic N) is 2. The summed E-state index contributed by atoms with van der Waals surface area (Å²) in [6.07, 6.45) is 0. The third-order valence-corrected chi connectivity index (χ3v) is 5.41. The fourth-order valence-corrected chi connectivity index (χ4v) is 3.81. The summed E-state index contributed by atoms with van der Waals surface area (Å²) in [6, 6.07) is 17.0. The molecule has 3 aromatic rings. The fraction of sp³-hybridized carbons (Fsp3) is 0.417. The van der Waals surface area contributed by atoms with Gasteiger partial charge in [-0.2, -0.15) is 0 Å². The SMILES string of the molecule is C[N+](C)([O-])CCNCc1c2ccccc2c(CNCC[N+](C)(C)[O-])c2ccccc12. The van der Waals surface area contributed by atoms with Gasteiger partial charge in [-0.1, -0.05) is 48.5 Å². The van der Waals surface area contributed by atoms with Crippen molar-refractivity contribution in [1.29, 1.82) is 0 Å². The van der Waals surface area contributed by atoms with Crippen molar-refractivity contribution >= 4 is 21.5 Å². The predicted octanol–water partition coefficient (Wildman–Crippen LogP) is 3.32. The average molecular weight is 411 g/mol. The zero-order valence-electron chi connectivity index (χ0n) is 18.6. The van der Waals surface area contributed by atoms with Crippen LogP contribution in [0.3, 0.4) is 0 Å². The van der Waals surface area contributed by atoms with E-state index in [0.29, 0.717) is 26.2 Å². The van der Waals surface area contributed by atoms with E-state index in [-0.39, 0.29) is 9.29 Å². The number of hydrogen-bond acceptors (Lipinski definition) is 4. The second kappa shape index (κ2) is 9.39. The molecule has 0 aliphatic rings. The van der Waals surface area contributed by atoms with Crippen LogP contribution < -0.4 is 10.6 Å². The summed E-state index contributed by atoms with van der Waals surface area (Å²) in [6.45, 7) is 3.85. The molecule has 0 aromatic heterocycles. The number of likely N-dealkylation sites (N-methyl/N-ethyl adjacent to an activating group) is 2. The van der Waals surface area contributed by atoms with E-state index in [2.05, 4.69) is 59.2 Å². The van der Waals surface area contributed by atoms with Crippen LogP contribution in [0.25, 0.3) is 21.5 Å². The minimum absolute atomic E-state index is 0.294. The lowest BCUT2D eigenvalue weighted by Crippen LogP contribution is -2.38. The third kappa shape index (κ3) is 5.98. The molecule has 0 fully saturated rings. The van der Waals surface area contributed by atoms with Gasteiger partial charge in [0.2, 0.25) is 0 Å². The minimum Gasteiger partial charge on any atom is -0.633 e. The lowest BCUT2D eigenvalue weighted by Gasteiger charge is -2.33. The van der Waals surface area contributed by atoms with Gasteiger partial charge < -0.3 is 30.3 Å². The molecule has 162 valence electrons. The molecular formula is C24H34N4O2. The molecule has 0 heterocycles. The van der Waals surface area contributed by atoms with Crippen molar-refractivity contribution in [3.05, 3.63) is 70.1 Å². The number of quaternary nitrogens is 2. The molecule has 0 saturated heterocycles. The molecule has 0 aliphatic carbocycles. The molecule has 0 unspecified atom stereocenters. The number of benzene rings is 3. The Hall–Kier alpha value is -2.06. The Morgan fingerprint density at radius 3 is 1.17 bits per heavy atom. The summed E-state index contributed by atoms with van der Waals surface area (Å²) < 4.78 is -0.587. The summed E-state index contributed by atoms with van der Waals surface area (Å²) >= 11 is 0. The molecule has 2 N–H and O–H groups in total. The van der Waals surface area contributed by atoms with Crippen molar-refractivity contribution in [2.75, 3.05) is 54.4 Å². The standard InChI is InChI=1S/C24H34N4O2/c1-27(2,29)15-13-25-17-23-19-9-5-7-11-21(19)24(18-26-14-16-28(3,4)30)22-12-8-6-10-20(22)23/h5-12,25-26H,13-18H2,1-4H3. The number of rotatable bonds is 10. The molecule has 0 atom stereocenters. The topological polar surface area (TPSA) is 70.2 Å². The molecule has 0 spiro atoms. The minimum atomic E-state index is -0.294. The highest BCUT2D eigenvalue weighted by atomic mass is 16.5. The molecule has 0 amide bonds. The predicted molar refractivity (Wildman–Crippen MR) is 126 cm³/mol. The zero-order chi connectivity index (χ0) is 21.8. The van der Waals surface area contributed by atoms with E-state index >= 15 is 0 Å². The van der Waals surface area contributed by atoms with Crippen LogP contribution in [0.2, 0.25) is 0 Å². The Kier molecular flexibility index (Phi) is 7.08. The van der Waals surface area contributed by atoms with Gasteiger partial charge in [0.1, 0.15) is 0 Å². The molecule has 0 saturated carbocycles. The summed E-state index contributed by atoms with van der Waals surface area (Å²) in [7, 11) is 6.67. The first-order valence-corrected chi connectivity index (χ1v) is 10.6. The van der Waals surface area contributed by atoms with Gasteiger partial charge >= 0.3 is 0 Å². The normalized spacial score (nSPS) is 12.7. The molecule has 0 aliphatic heterocycles. The molecule has 0 bridgehead atoms. The van der Waals surface area contributed by atoms with Crippen LogP contribution in [0.5, 0.6) is 0 Å². The molecule has 6 heteroatoms. The van der Waals surface area contributed by atoms with E-state index < -0.39 is 0 Å².